The molecule has 0 aliphatic heterocycles. The highest BCUT2D eigenvalue weighted by molar-refractivity contribution is 5.85. The second-order valence-corrected chi connectivity index (χ2v) is 3.80. The van der Waals surface area contributed by atoms with Crippen molar-refractivity contribution in [2.45, 2.75) is 13.3 Å². The third-order valence-corrected chi connectivity index (χ3v) is 2.44. The molecule has 98 valence electrons. The van der Waals surface area contributed by atoms with Gasteiger partial charge in [0, 0.05) is 13.6 Å². The highest BCUT2D eigenvalue weighted by Crippen LogP contribution is 2.13. The van der Waals surface area contributed by atoms with Crippen LogP contribution < -0.4 is 10.2 Å². The van der Waals surface area contributed by atoms with E-state index in [2.05, 4.69) is 10.3 Å². The first-order chi connectivity index (χ1) is 8.58. The van der Waals surface area contributed by atoms with E-state index >= 15 is 0 Å². The maximum atomic E-state index is 11.4. The Morgan fingerprint density at radius 2 is 2.17 bits per heavy atom. The lowest BCUT2D eigenvalue weighted by molar-refractivity contribution is -0.119. The maximum Gasteiger partial charge on any atom is 0.354 e. The highest BCUT2D eigenvalue weighted by atomic mass is 16.4. The minimum atomic E-state index is -1.06. The number of carbonyl (C=O) groups is 2. The molecule has 0 radical (unpaired) electrons. The number of aromatic nitrogens is 1. The SMILES string of the molecule is CCCN(CC(=O)NC)c1ccc(C(=O)O)nc1. The van der Waals surface area contributed by atoms with Crippen LogP contribution in [-0.4, -0.2) is 42.1 Å². The average molecular weight is 251 g/mol. The minimum absolute atomic E-state index is 0.00450. The summed E-state index contributed by atoms with van der Waals surface area (Å²) in [6.07, 6.45) is 2.36. The topological polar surface area (TPSA) is 82.5 Å². The van der Waals surface area contributed by atoms with Gasteiger partial charge >= 0.3 is 5.97 Å². The van der Waals surface area contributed by atoms with Gasteiger partial charge in [-0.25, -0.2) is 9.78 Å². The van der Waals surface area contributed by atoms with Crippen LogP contribution in [0.2, 0.25) is 0 Å². The smallest absolute Gasteiger partial charge is 0.354 e. The van der Waals surface area contributed by atoms with Gasteiger partial charge in [0.15, 0.2) is 0 Å². The summed E-state index contributed by atoms with van der Waals surface area (Å²) >= 11 is 0. The van der Waals surface area contributed by atoms with Crippen LogP contribution in [0.15, 0.2) is 18.3 Å². The third kappa shape index (κ3) is 3.73. The van der Waals surface area contributed by atoms with E-state index in [1.165, 1.54) is 12.3 Å². The highest BCUT2D eigenvalue weighted by Gasteiger charge is 2.11. The molecule has 0 aliphatic carbocycles. The zero-order valence-corrected chi connectivity index (χ0v) is 10.5. The fourth-order valence-corrected chi connectivity index (χ4v) is 1.52. The van der Waals surface area contributed by atoms with Crippen molar-refractivity contribution in [1.29, 1.82) is 0 Å². The van der Waals surface area contributed by atoms with Crippen LogP contribution >= 0.6 is 0 Å². The van der Waals surface area contributed by atoms with Gasteiger partial charge in [0.1, 0.15) is 5.69 Å². The van der Waals surface area contributed by atoms with Crippen LogP contribution in [0.25, 0.3) is 0 Å². The Morgan fingerprint density at radius 1 is 1.44 bits per heavy atom. The normalized spacial score (nSPS) is 9.89. The van der Waals surface area contributed by atoms with E-state index in [4.69, 9.17) is 5.11 Å². The van der Waals surface area contributed by atoms with Crippen LogP contribution in [0, 0.1) is 0 Å². The van der Waals surface area contributed by atoms with Gasteiger partial charge in [0.05, 0.1) is 18.4 Å². The molecule has 0 atom stereocenters. The van der Waals surface area contributed by atoms with Crippen LogP contribution in [0.1, 0.15) is 23.8 Å². The Bertz CT molecular complexity index is 417. The van der Waals surface area contributed by atoms with E-state index in [-0.39, 0.29) is 18.1 Å². The lowest BCUT2D eigenvalue weighted by atomic mass is 10.3. The molecule has 0 fully saturated rings. The molecule has 1 heterocycles. The number of anilines is 1. The molecular weight excluding hydrogens is 234 g/mol. The molecule has 0 spiro atoms. The van der Waals surface area contributed by atoms with Crippen molar-refractivity contribution in [3.8, 4) is 0 Å². The van der Waals surface area contributed by atoms with Crippen molar-refractivity contribution < 1.29 is 14.7 Å². The van der Waals surface area contributed by atoms with Gasteiger partial charge in [-0.2, -0.15) is 0 Å². The summed E-state index contributed by atoms with van der Waals surface area (Å²) in [5, 5.41) is 11.3. The van der Waals surface area contributed by atoms with E-state index in [9.17, 15) is 9.59 Å². The lowest BCUT2D eigenvalue weighted by Crippen LogP contribution is -2.36. The van der Waals surface area contributed by atoms with Gasteiger partial charge in [-0.3, -0.25) is 4.79 Å². The van der Waals surface area contributed by atoms with Gasteiger partial charge in [0.25, 0.3) is 0 Å². The Labute approximate surface area is 106 Å². The molecule has 18 heavy (non-hydrogen) atoms. The molecule has 6 heteroatoms. The second-order valence-electron chi connectivity index (χ2n) is 3.80. The van der Waals surface area contributed by atoms with E-state index in [0.717, 1.165) is 12.1 Å². The van der Waals surface area contributed by atoms with Gasteiger partial charge in [0.2, 0.25) is 5.91 Å². The largest absolute Gasteiger partial charge is 0.477 e. The number of nitrogens with zero attached hydrogens (tertiary/aromatic N) is 2. The number of carboxylic acid groups (broad SMARTS) is 1. The molecule has 1 aromatic rings. The Balaban J connectivity index is 2.84. The number of amides is 1. The standard InChI is InChI=1S/C12H17N3O3/c1-3-6-15(8-11(16)13-2)9-4-5-10(12(17)18)14-7-9/h4-5,7H,3,6,8H2,1-2H3,(H,13,16)(H,17,18). The number of aromatic carboxylic acids is 1. The van der Waals surface area contributed by atoms with E-state index in [0.29, 0.717) is 6.54 Å². The van der Waals surface area contributed by atoms with Gasteiger partial charge in [-0.15, -0.1) is 0 Å². The summed E-state index contributed by atoms with van der Waals surface area (Å²) in [5.41, 5.74) is 0.737. The number of carbonyl (C=O) groups excluding carboxylic acids is 1. The molecule has 0 aliphatic rings. The zero-order chi connectivity index (χ0) is 13.5. The molecule has 0 saturated carbocycles. The van der Waals surface area contributed by atoms with Crippen molar-refractivity contribution in [2.75, 3.05) is 25.0 Å². The molecule has 0 aromatic carbocycles. The first kappa shape index (κ1) is 14.0. The summed E-state index contributed by atoms with van der Waals surface area (Å²) in [4.78, 5) is 27.8. The maximum absolute atomic E-state index is 11.4. The lowest BCUT2D eigenvalue weighted by Gasteiger charge is -2.22. The predicted molar refractivity (Wildman–Crippen MR) is 67.8 cm³/mol. The number of hydrogen-bond donors (Lipinski definition) is 2. The molecule has 2 N–H and O–H groups in total. The molecular formula is C12H17N3O3. The summed E-state index contributed by atoms with van der Waals surface area (Å²) in [6, 6.07) is 3.10. The van der Waals surface area contributed by atoms with Crippen molar-refractivity contribution in [3.05, 3.63) is 24.0 Å². The molecule has 6 nitrogen and oxygen atoms in total. The van der Waals surface area contributed by atoms with E-state index in [1.807, 2.05) is 11.8 Å². The summed E-state index contributed by atoms with van der Waals surface area (Å²) in [5.74, 6) is -1.15. The molecule has 0 bridgehead atoms. The van der Waals surface area contributed by atoms with E-state index < -0.39 is 5.97 Å². The fraction of sp³-hybridized carbons (Fsp3) is 0.417. The Morgan fingerprint density at radius 3 is 2.61 bits per heavy atom. The van der Waals surface area contributed by atoms with Crippen LogP contribution in [-0.2, 0) is 4.79 Å². The summed E-state index contributed by atoms with van der Waals surface area (Å²) < 4.78 is 0. The number of rotatable bonds is 6. The van der Waals surface area contributed by atoms with Gasteiger partial charge < -0.3 is 15.3 Å². The predicted octanol–water partition coefficient (Wildman–Crippen LogP) is 0.742. The fourth-order valence-electron chi connectivity index (χ4n) is 1.52. The number of pyridine rings is 1. The van der Waals surface area contributed by atoms with Gasteiger partial charge in [-0.1, -0.05) is 6.92 Å². The van der Waals surface area contributed by atoms with Crippen molar-refractivity contribution in [1.82, 2.24) is 10.3 Å². The van der Waals surface area contributed by atoms with Crippen LogP contribution in [0.5, 0.6) is 0 Å². The summed E-state index contributed by atoms with van der Waals surface area (Å²) in [7, 11) is 1.58. The molecule has 1 aromatic heterocycles. The average Bonchev–Trinajstić information content (AvgIpc) is 2.38. The zero-order valence-electron chi connectivity index (χ0n) is 10.5. The molecule has 1 rings (SSSR count). The number of hydrogen-bond acceptors (Lipinski definition) is 4. The first-order valence-corrected chi connectivity index (χ1v) is 5.73. The molecule has 1 amide bonds. The number of likely N-dealkylation sites (N-methyl/N-ethyl adjacent to an activating group) is 1. The first-order valence-electron chi connectivity index (χ1n) is 5.73. The Kier molecular flexibility index (Phi) is 5.10. The van der Waals surface area contributed by atoms with Crippen LogP contribution in [0.4, 0.5) is 5.69 Å². The van der Waals surface area contributed by atoms with Crippen molar-refractivity contribution >= 4 is 17.6 Å². The Hall–Kier alpha value is -2.11. The van der Waals surface area contributed by atoms with Crippen LogP contribution in [0.3, 0.4) is 0 Å². The third-order valence-electron chi connectivity index (χ3n) is 2.44. The van der Waals surface area contributed by atoms with E-state index in [1.54, 1.807) is 13.1 Å². The quantitative estimate of drug-likeness (QED) is 0.779. The van der Waals surface area contributed by atoms with Gasteiger partial charge in [-0.05, 0) is 18.6 Å². The minimum Gasteiger partial charge on any atom is -0.477 e. The second kappa shape index (κ2) is 6.58. The van der Waals surface area contributed by atoms with Crippen molar-refractivity contribution in [3.63, 3.8) is 0 Å². The molecule has 0 saturated heterocycles. The molecule has 0 unspecified atom stereocenters. The number of nitrogens with one attached hydrogen (secondary N) is 1. The number of carboxylic acids is 1. The van der Waals surface area contributed by atoms with Crippen molar-refractivity contribution in [2.24, 2.45) is 0 Å². The monoisotopic (exact) mass is 251 g/mol. The summed E-state index contributed by atoms with van der Waals surface area (Å²) in [6.45, 7) is 2.95.